The van der Waals surface area contributed by atoms with Crippen LogP contribution < -0.4 is 5.19 Å². The molecule has 1 radical (unpaired) electrons. The molecule has 0 heterocycles. The Kier molecular flexibility index (Phi) is 3.69. The Bertz CT molecular complexity index is 269. The molecule has 1 aromatic carbocycles. The summed E-state index contributed by atoms with van der Waals surface area (Å²) >= 11 is 0. The van der Waals surface area contributed by atoms with Crippen molar-refractivity contribution < 1.29 is 0 Å². The molecular formula is C11H18NSi. The minimum atomic E-state index is -0.314. The highest BCUT2D eigenvalue weighted by Gasteiger charge is 2.06. The molecule has 0 saturated carbocycles. The van der Waals surface area contributed by atoms with Crippen molar-refractivity contribution in [1.29, 1.82) is 0 Å². The molecule has 0 amide bonds. The first-order chi connectivity index (χ1) is 6.11. The molecule has 0 unspecified atom stereocenters. The molecule has 1 aromatic rings. The maximum absolute atomic E-state index is 2.35. The largest absolute Gasteiger partial charge is 0.305 e. The Labute approximate surface area is 83.0 Å². The van der Waals surface area contributed by atoms with Crippen LogP contribution in [-0.4, -0.2) is 27.8 Å². The Balaban J connectivity index is 2.91. The molecule has 0 aromatic heterocycles. The van der Waals surface area contributed by atoms with Crippen LogP contribution in [0.1, 0.15) is 5.56 Å². The van der Waals surface area contributed by atoms with Gasteiger partial charge in [0.25, 0.3) is 0 Å². The predicted molar refractivity (Wildman–Crippen MR) is 60.9 cm³/mol. The first-order valence-corrected chi connectivity index (χ1v) is 7.14. The van der Waals surface area contributed by atoms with Gasteiger partial charge in [-0.1, -0.05) is 42.5 Å². The summed E-state index contributed by atoms with van der Waals surface area (Å²) in [7, 11) is 3.93. The highest BCUT2D eigenvalue weighted by Crippen LogP contribution is 2.01. The van der Waals surface area contributed by atoms with Gasteiger partial charge in [-0.3, -0.25) is 0 Å². The summed E-state index contributed by atoms with van der Waals surface area (Å²) in [5.41, 5.74) is 1.49. The second kappa shape index (κ2) is 4.58. The maximum Gasteiger partial charge on any atom is 0.0795 e. The summed E-state index contributed by atoms with van der Waals surface area (Å²) in [4.78, 5) is 2.23. The molecule has 2 heteroatoms. The first-order valence-electron chi connectivity index (χ1n) is 4.64. The van der Waals surface area contributed by atoms with Gasteiger partial charge in [0.15, 0.2) is 0 Å². The fourth-order valence-corrected chi connectivity index (χ4v) is 2.72. The zero-order valence-electron chi connectivity index (χ0n) is 8.96. The van der Waals surface area contributed by atoms with E-state index >= 15 is 0 Å². The molecule has 0 aliphatic rings. The van der Waals surface area contributed by atoms with Crippen molar-refractivity contribution in [3.8, 4) is 0 Å². The van der Waals surface area contributed by atoms with Crippen molar-refractivity contribution in [2.24, 2.45) is 0 Å². The third-order valence-electron chi connectivity index (χ3n) is 2.04. The van der Waals surface area contributed by atoms with Gasteiger partial charge in [0.2, 0.25) is 0 Å². The zero-order valence-corrected chi connectivity index (χ0v) is 9.96. The van der Waals surface area contributed by atoms with Crippen LogP contribution in [0, 0.1) is 0 Å². The van der Waals surface area contributed by atoms with Crippen molar-refractivity contribution in [1.82, 2.24) is 4.90 Å². The number of hydrogen-bond acceptors (Lipinski definition) is 1. The van der Waals surface area contributed by atoms with E-state index < -0.39 is 0 Å². The van der Waals surface area contributed by atoms with E-state index in [0.717, 1.165) is 6.54 Å². The average Bonchev–Trinajstić information content (AvgIpc) is 2.03. The Hall–Kier alpha value is -0.603. The van der Waals surface area contributed by atoms with Gasteiger partial charge in [-0.05, 0) is 19.7 Å². The standard InChI is InChI=1S/C11H18NSi/c1-12(2)9-10-7-5-6-8-11(10)13(3)4/h5-8H,9H2,1-4H3. The van der Waals surface area contributed by atoms with Crippen LogP contribution in [0.15, 0.2) is 24.3 Å². The summed E-state index contributed by atoms with van der Waals surface area (Å²) < 4.78 is 0. The van der Waals surface area contributed by atoms with E-state index in [1.54, 1.807) is 5.19 Å². The number of benzene rings is 1. The van der Waals surface area contributed by atoms with Gasteiger partial charge < -0.3 is 4.90 Å². The molecule has 13 heavy (non-hydrogen) atoms. The fraction of sp³-hybridized carbons (Fsp3) is 0.455. The van der Waals surface area contributed by atoms with Gasteiger partial charge in [0.1, 0.15) is 0 Å². The van der Waals surface area contributed by atoms with E-state index in [0.29, 0.717) is 0 Å². The number of rotatable bonds is 3. The Morgan fingerprint density at radius 2 is 1.77 bits per heavy atom. The van der Waals surface area contributed by atoms with Crippen LogP contribution in [0.4, 0.5) is 0 Å². The highest BCUT2D eigenvalue weighted by atomic mass is 28.3. The van der Waals surface area contributed by atoms with E-state index in [-0.39, 0.29) is 8.80 Å². The van der Waals surface area contributed by atoms with Crippen LogP contribution >= 0.6 is 0 Å². The lowest BCUT2D eigenvalue weighted by Gasteiger charge is -2.15. The fourth-order valence-electron chi connectivity index (χ4n) is 1.49. The monoisotopic (exact) mass is 192 g/mol. The van der Waals surface area contributed by atoms with Gasteiger partial charge in [-0.25, -0.2) is 0 Å². The summed E-state index contributed by atoms with van der Waals surface area (Å²) in [6.45, 7) is 5.75. The molecule has 0 fully saturated rings. The smallest absolute Gasteiger partial charge is 0.0795 e. The summed E-state index contributed by atoms with van der Waals surface area (Å²) in [5.74, 6) is 0. The van der Waals surface area contributed by atoms with Gasteiger partial charge in [0, 0.05) is 6.54 Å². The maximum atomic E-state index is 2.35. The van der Waals surface area contributed by atoms with E-state index in [1.165, 1.54) is 5.56 Å². The average molecular weight is 192 g/mol. The minimum Gasteiger partial charge on any atom is -0.305 e. The molecule has 0 atom stereocenters. The van der Waals surface area contributed by atoms with E-state index in [1.807, 2.05) is 0 Å². The molecule has 0 aliphatic carbocycles. The second-order valence-corrected chi connectivity index (χ2v) is 6.43. The topological polar surface area (TPSA) is 3.24 Å². The molecule has 0 aliphatic heterocycles. The SMILES string of the molecule is CN(C)Cc1ccccc1[Si](C)C. The molecule has 0 bridgehead atoms. The minimum absolute atomic E-state index is 0.314. The summed E-state index contributed by atoms with van der Waals surface area (Å²) in [5, 5.41) is 1.57. The van der Waals surface area contributed by atoms with Crippen LogP contribution in [0.3, 0.4) is 0 Å². The van der Waals surface area contributed by atoms with E-state index in [2.05, 4.69) is 56.4 Å². The van der Waals surface area contributed by atoms with Crippen molar-refractivity contribution >= 4 is 14.0 Å². The highest BCUT2D eigenvalue weighted by molar-refractivity contribution is 6.71. The third kappa shape index (κ3) is 2.97. The van der Waals surface area contributed by atoms with Crippen molar-refractivity contribution in [2.45, 2.75) is 19.6 Å². The van der Waals surface area contributed by atoms with Gasteiger partial charge in [-0.15, -0.1) is 0 Å². The number of nitrogens with zero attached hydrogens (tertiary/aromatic N) is 1. The molecule has 1 rings (SSSR count). The molecule has 0 spiro atoms. The van der Waals surface area contributed by atoms with Crippen LogP contribution in [0.25, 0.3) is 0 Å². The van der Waals surface area contributed by atoms with Gasteiger partial charge in [0.05, 0.1) is 8.80 Å². The van der Waals surface area contributed by atoms with Crippen molar-refractivity contribution in [3.05, 3.63) is 29.8 Å². The molecule has 1 nitrogen and oxygen atoms in total. The molecule has 0 saturated heterocycles. The van der Waals surface area contributed by atoms with Gasteiger partial charge in [-0.2, -0.15) is 0 Å². The Morgan fingerprint density at radius 3 is 2.31 bits per heavy atom. The predicted octanol–water partition coefficient (Wildman–Crippen LogP) is 1.71. The van der Waals surface area contributed by atoms with Crippen LogP contribution in [0.5, 0.6) is 0 Å². The van der Waals surface area contributed by atoms with Gasteiger partial charge >= 0.3 is 0 Å². The zero-order chi connectivity index (χ0) is 9.84. The lowest BCUT2D eigenvalue weighted by molar-refractivity contribution is 0.403. The number of hydrogen-bond donors (Lipinski definition) is 0. The lowest BCUT2D eigenvalue weighted by atomic mass is 10.2. The first kappa shape index (κ1) is 10.5. The van der Waals surface area contributed by atoms with Crippen LogP contribution in [-0.2, 0) is 6.54 Å². The summed E-state index contributed by atoms with van der Waals surface area (Å²) in [6, 6.07) is 8.79. The third-order valence-corrected chi connectivity index (χ3v) is 3.61. The van der Waals surface area contributed by atoms with E-state index in [9.17, 15) is 0 Å². The molecular weight excluding hydrogens is 174 g/mol. The molecule has 71 valence electrons. The Morgan fingerprint density at radius 1 is 1.15 bits per heavy atom. The quantitative estimate of drug-likeness (QED) is 0.659. The van der Waals surface area contributed by atoms with Crippen molar-refractivity contribution in [2.75, 3.05) is 14.1 Å². The van der Waals surface area contributed by atoms with Crippen molar-refractivity contribution in [3.63, 3.8) is 0 Å². The van der Waals surface area contributed by atoms with Crippen LogP contribution in [0.2, 0.25) is 13.1 Å². The second-order valence-electron chi connectivity index (χ2n) is 3.89. The lowest BCUT2D eigenvalue weighted by Crippen LogP contribution is -2.29. The van der Waals surface area contributed by atoms with E-state index in [4.69, 9.17) is 0 Å². The molecule has 0 N–H and O–H groups in total. The summed E-state index contributed by atoms with van der Waals surface area (Å²) in [6.07, 6.45) is 0. The normalized spacial score (nSPS) is 11.2.